The van der Waals surface area contributed by atoms with Crippen LogP contribution in [-0.2, 0) is 21.4 Å². The van der Waals surface area contributed by atoms with E-state index in [-0.39, 0.29) is 24.2 Å². The summed E-state index contributed by atoms with van der Waals surface area (Å²) in [6.45, 7) is 1.01. The fourth-order valence-corrected chi connectivity index (χ4v) is 3.78. The molecular weight excluding hydrogens is 345 g/mol. The molecule has 140 valence electrons. The zero-order valence-electron chi connectivity index (χ0n) is 15.0. The maximum Gasteiger partial charge on any atom is 0.257 e. The standard InChI is InChI=1S/C21H22FN3O2/c22-17-9-7-16(8-10-17)21(11-12-21)20(27)24-23-19(26)14-25-13-3-5-15-4-1-2-6-18(15)25/h1-2,4,6-10H,3,5,11-14H2,(H,23,26)(H,24,27). The Balaban J connectivity index is 1.35. The number of para-hydroxylation sites is 1. The number of amides is 2. The number of aryl methyl sites for hydroxylation is 1. The van der Waals surface area contributed by atoms with Gasteiger partial charge in [-0.2, -0.15) is 0 Å². The van der Waals surface area contributed by atoms with E-state index < -0.39 is 5.41 Å². The molecule has 0 spiro atoms. The molecule has 5 nitrogen and oxygen atoms in total. The van der Waals surface area contributed by atoms with Crippen LogP contribution in [0.15, 0.2) is 48.5 Å². The maximum absolute atomic E-state index is 13.1. The van der Waals surface area contributed by atoms with Gasteiger partial charge in [-0.05, 0) is 55.0 Å². The number of carbonyl (C=O) groups is 2. The molecule has 0 bridgehead atoms. The zero-order valence-corrected chi connectivity index (χ0v) is 15.0. The second kappa shape index (κ2) is 7.02. The van der Waals surface area contributed by atoms with Crippen LogP contribution >= 0.6 is 0 Å². The van der Waals surface area contributed by atoms with Crippen molar-refractivity contribution in [3.05, 3.63) is 65.5 Å². The fourth-order valence-electron chi connectivity index (χ4n) is 3.78. The largest absolute Gasteiger partial charge is 0.362 e. The smallest absolute Gasteiger partial charge is 0.257 e. The van der Waals surface area contributed by atoms with Crippen LogP contribution in [0.25, 0.3) is 0 Å². The number of anilines is 1. The van der Waals surface area contributed by atoms with Crippen molar-refractivity contribution in [1.82, 2.24) is 10.9 Å². The van der Waals surface area contributed by atoms with E-state index in [9.17, 15) is 14.0 Å². The molecule has 0 radical (unpaired) electrons. The first kappa shape index (κ1) is 17.5. The van der Waals surface area contributed by atoms with E-state index in [1.54, 1.807) is 12.1 Å². The van der Waals surface area contributed by atoms with Gasteiger partial charge < -0.3 is 4.90 Å². The van der Waals surface area contributed by atoms with Crippen molar-refractivity contribution < 1.29 is 14.0 Å². The van der Waals surface area contributed by atoms with Gasteiger partial charge in [0.05, 0.1) is 12.0 Å². The van der Waals surface area contributed by atoms with Gasteiger partial charge in [0.1, 0.15) is 5.82 Å². The summed E-state index contributed by atoms with van der Waals surface area (Å²) in [5, 5.41) is 0. The van der Waals surface area contributed by atoms with Crippen LogP contribution in [0.1, 0.15) is 30.4 Å². The van der Waals surface area contributed by atoms with E-state index in [0.29, 0.717) is 12.8 Å². The monoisotopic (exact) mass is 367 g/mol. The third-order valence-corrected chi connectivity index (χ3v) is 5.44. The third kappa shape index (κ3) is 3.52. The topological polar surface area (TPSA) is 61.4 Å². The Morgan fingerprint density at radius 2 is 1.78 bits per heavy atom. The Hall–Kier alpha value is -2.89. The number of carbonyl (C=O) groups excluding carboxylic acids is 2. The van der Waals surface area contributed by atoms with Crippen molar-refractivity contribution in [2.24, 2.45) is 0 Å². The molecule has 0 saturated heterocycles. The van der Waals surface area contributed by atoms with Crippen LogP contribution in [0.2, 0.25) is 0 Å². The van der Waals surface area contributed by atoms with Gasteiger partial charge in [-0.15, -0.1) is 0 Å². The first-order valence-corrected chi connectivity index (χ1v) is 9.27. The van der Waals surface area contributed by atoms with Gasteiger partial charge in [0.2, 0.25) is 5.91 Å². The van der Waals surface area contributed by atoms with Crippen molar-refractivity contribution in [1.29, 1.82) is 0 Å². The summed E-state index contributed by atoms with van der Waals surface area (Å²) in [4.78, 5) is 26.9. The van der Waals surface area contributed by atoms with E-state index in [1.165, 1.54) is 17.7 Å². The van der Waals surface area contributed by atoms with Gasteiger partial charge in [-0.1, -0.05) is 30.3 Å². The minimum atomic E-state index is -0.654. The molecule has 4 rings (SSSR count). The van der Waals surface area contributed by atoms with Gasteiger partial charge in [-0.25, -0.2) is 4.39 Å². The van der Waals surface area contributed by atoms with E-state index in [0.717, 1.165) is 30.6 Å². The molecule has 1 aliphatic heterocycles. The van der Waals surface area contributed by atoms with Gasteiger partial charge in [-0.3, -0.25) is 20.4 Å². The number of hydrogen-bond donors (Lipinski definition) is 2. The highest BCUT2D eigenvalue weighted by molar-refractivity contribution is 5.93. The number of hydrazine groups is 1. The Labute approximate surface area is 157 Å². The van der Waals surface area contributed by atoms with Crippen LogP contribution in [0.4, 0.5) is 10.1 Å². The van der Waals surface area contributed by atoms with Gasteiger partial charge >= 0.3 is 0 Å². The predicted octanol–water partition coefficient (Wildman–Crippen LogP) is 2.46. The summed E-state index contributed by atoms with van der Waals surface area (Å²) in [5.41, 5.74) is 7.53. The summed E-state index contributed by atoms with van der Waals surface area (Å²) in [7, 11) is 0. The minimum absolute atomic E-state index is 0.195. The molecule has 1 heterocycles. The number of nitrogens with one attached hydrogen (secondary N) is 2. The lowest BCUT2D eigenvalue weighted by Gasteiger charge is -2.30. The Kier molecular flexibility index (Phi) is 4.56. The first-order valence-electron chi connectivity index (χ1n) is 9.27. The highest BCUT2D eigenvalue weighted by Gasteiger charge is 2.51. The summed E-state index contributed by atoms with van der Waals surface area (Å²) < 4.78 is 13.1. The number of rotatable bonds is 4. The van der Waals surface area contributed by atoms with E-state index in [2.05, 4.69) is 16.9 Å². The summed E-state index contributed by atoms with van der Waals surface area (Å²) in [6, 6.07) is 14.1. The Morgan fingerprint density at radius 3 is 2.52 bits per heavy atom. The lowest BCUT2D eigenvalue weighted by Crippen LogP contribution is -2.50. The van der Waals surface area contributed by atoms with Crippen LogP contribution < -0.4 is 15.8 Å². The molecule has 6 heteroatoms. The lowest BCUT2D eigenvalue weighted by atomic mass is 9.95. The first-order chi connectivity index (χ1) is 13.1. The highest BCUT2D eigenvalue weighted by atomic mass is 19.1. The highest BCUT2D eigenvalue weighted by Crippen LogP contribution is 2.48. The molecule has 2 N–H and O–H groups in total. The van der Waals surface area contributed by atoms with Gasteiger partial charge in [0, 0.05) is 12.2 Å². The fraction of sp³-hybridized carbons (Fsp3) is 0.333. The normalized spacial score (nSPS) is 17.0. The molecule has 2 aliphatic rings. The predicted molar refractivity (Wildman–Crippen MR) is 101 cm³/mol. The van der Waals surface area contributed by atoms with Crippen LogP contribution in [0, 0.1) is 5.82 Å². The van der Waals surface area contributed by atoms with E-state index in [4.69, 9.17) is 0 Å². The number of nitrogens with zero attached hydrogens (tertiary/aromatic N) is 1. The van der Waals surface area contributed by atoms with Crippen LogP contribution in [0.5, 0.6) is 0 Å². The van der Waals surface area contributed by atoms with Crippen molar-refractivity contribution in [2.45, 2.75) is 31.1 Å². The van der Waals surface area contributed by atoms with Crippen molar-refractivity contribution >= 4 is 17.5 Å². The quantitative estimate of drug-likeness (QED) is 0.816. The summed E-state index contributed by atoms with van der Waals surface area (Å²) in [5.74, 6) is -0.832. The molecule has 0 aromatic heterocycles. The van der Waals surface area contributed by atoms with Gasteiger partial charge in [0.15, 0.2) is 0 Å². The molecule has 27 heavy (non-hydrogen) atoms. The van der Waals surface area contributed by atoms with Crippen LogP contribution in [0.3, 0.4) is 0 Å². The zero-order chi connectivity index (χ0) is 18.9. The lowest BCUT2D eigenvalue weighted by molar-refractivity contribution is -0.129. The molecule has 1 saturated carbocycles. The second-order valence-corrected chi connectivity index (χ2v) is 7.25. The molecule has 2 amide bonds. The molecule has 1 fully saturated rings. The van der Waals surface area contributed by atoms with Crippen LogP contribution in [-0.4, -0.2) is 24.9 Å². The summed E-state index contributed by atoms with van der Waals surface area (Å²) in [6.07, 6.45) is 3.41. The second-order valence-electron chi connectivity index (χ2n) is 7.25. The average Bonchev–Trinajstić information content (AvgIpc) is 3.49. The number of hydrogen-bond acceptors (Lipinski definition) is 3. The Morgan fingerprint density at radius 1 is 1.04 bits per heavy atom. The number of halogens is 1. The average molecular weight is 367 g/mol. The SMILES string of the molecule is O=C(CN1CCCc2ccccc21)NNC(=O)C1(c2ccc(F)cc2)CC1. The molecular formula is C21H22FN3O2. The molecule has 1 aliphatic carbocycles. The maximum atomic E-state index is 13.1. The minimum Gasteiger partial charge on any atom is -0.362 e. The van der Waals surface area contributed by atoms with E-state index in [1.807, 2.05) is 23.1 Å². The third-order valence-electron chi connectivity index (χ3n) is 5.44. The molecule has 0 atom stereocenters. The van der Waals surface area contributed by atoms with Crippen molar-refractivity contribution in [3.8, 4) is 0 Å². The summed E-state index contributed by atoms with van der Waals surface area (Å²) >= 11 is 0. The van der Waals surface area contributed by atoms with Gasteiger partial charge in [0.25, 0.3) is 5.91 Å². The number of fused-ring (bicyclic) bond motifs is 1. The van der Waals surface area contributed by atoms with E-state index >= 15 is 0 Å². The molecule has 0 unspecified atom stereocenters. The molecule has 2 aromatic carbocycles. The number of benzene rings is 2. The van der Waals surface area contributed by atoms with Crippen molar-refractivity contribution in [3.63, 3.8) is 0 Å². The van der Waals surface area contributed by atoms with Crippen molar-refractivity contribution in [2.75, 3.05) is 18.0 Å². The Bertz CT molecular complexity index is 862. The molecule has 2 aromatic rings.